The first kappa shape index (κ1) is 15.0. The second-order valence-electron chi connectivity index (χ2n) is 6.91. The van der Waals surface area contributed by atoms with Gasteiger partial charge in [0, 0.05) is 12.6 Å². The Morgan fingerprint density at radius 3 is 2.67 bits per heavy atom. The van der Waals surface area contributed by atoms with Gasteiger partial charge in [-0.05, 0) is 68.8 Å². The van der Waals surface area contributed by atoms with Crippen LogP contribution in [0, 0.1) is 11.7 Å². The molecule has 1 N–H and O–H groups in total. The Morgan fingerprint density at radius 2 is 1.95 bits per heavy atom. The summed E-state index contributed by atoms with van der Waals surface area (Å²) in [5.74, 6) is 1.08. The molecule has 0 spiro atoms. The maximum absolute atomic E-state index is 13.7. The van der Waals surface area contributed by atoms with E-state index in [-0.39, 0.29) is 5.82 Å². The van der Waals surface area contributed by atoms with Gasteiger partial charge >= 0.3 is 0 Å². The molecule has 3 heteroatoms. The molecule has 1 heterocycles. The minimum absolute atomic E-state index is 0.0386. The van der Waals surface area contributed by atoms with E-state index < -0.39 is 0 Å². The van der Waals surface area contributed by atoms with Crippen LogP contribution in [0.25, 0.3) is 0 Å². The Hall–Kier alpha value is -0.930. The fraction of sp³-hybridized carbons (Fsp3) is 0.667. The second kappa shape index (κ2) is 6.89. The van der Waals surface area contributed by atoms with E-state index in [0.29, 0.717) is 17.9 Å². The molecule has 1 unspecified atom stereocenters. The number of nitrogens with one attached hydrogen (secondary N) is 1. The first-order chi connectivity index (χ1) is 10.2. The summed E-state index contributed by atoms with van der Waals surface area (Å²) in [5.41, 5.74) is 0.903. The van der Waals surface area contributed by atoms with Crippen molar-refractivity contribution in [3.05, 3.63) is 35.6 Å². The Balaban J connectivity index is 1.36. The molecule has 0 amide bonds. The highest BCUT2D eigenvalue weighted by Crippen LogP contribution is 2.37. The molecule has 1 aliphatic carbocycles. The van der Waals surface area contributed by atoms with Crippen LogP contribution < -0.4 is 5.32 Å². The molecule has 1 aliphatic heterocycles. The monoisotopic (exact) mass is 290 g/mol. The van der Waals surface area contributed by atoms with E-state index in [0.717, 1.165) is 24.9 Å². The van der Waals surface area contributed by atoms with Crippen molar-refractivity contribution in [3.63, 3.8) is 0 Å². The summed E-state index contributed by atoms with van der Waals surface area (Å²) in [6, 6.07) is 7.81. The number of benzene rings is 1. The van der Waals surface area contributed by atoms with Crippen LogP contribution >= 0.6 is 0 Å². The molecule has 0 bridgehead atoms. The van der Waals surface area contributed by atoms with Gasteiger partial charge in [-0.25, -0.2) is 4.39 Å². The number of rotatable bonds is 6. The van der Waals surface area contributed by atoms with E-state index >= 15 is 0 Å². The normalized spacial score (nSPS) is 27.5. The average Bonchev–Trinajstić information content (AvgIpc) is 2.91. The molecule has 21 heavy (non-hydrogen) atoms. The predicted molar refractivity (Wildman–Crippen MR) is 85.0 cm³/mol. The summed E-state index contributed by atoms with van der Waals surface area (Å²) in [5, 5.41) is 3.66. The van der Waals surface area contributed by atoms with E-state index in [1.54, 1.807) is 12.1 Å². The molecule has 1 aromatic carbocycles. The molecule has 1 aromatic rings. The molecule has 3 rings (SSSR count). The quantitative estimate of drug-likeness (QED) is 0.864. The van der Waals surface area contributed by atoms with Crippen molar-refractivity contribution in [1.82, 2.24) is 10.2 Å². The van der Waals surface area contributed by atoms with Crippen molar-refractivity contribution in [2.45, 2.75) is 44.6 Å². The van der Waals surface area contributed by atoms with E-state index in [2.05, 4.69) is 17.1 Å². The first-order valence-corrected chi connectivity index (χ1v) is 8.42. The molecule has 116 valence electrons. The fourth-order valence-electron chi connectivity index (χ4n) is 3.68. The lowest BCUT2D eigenvalue weighted by atomic mass is 9.75. The molecule has 1 saturated carbocycles. The van der Waals surface area contributed by atoms with Gasteiger partial charge in [-0.2, -0.15) is 0 Å². The van der Waals surface area contributed by atoms with E-state index in [9.17, 15) is 4.39 Å². The number of halogens is 1. The van der Waals surface area contributed by atoms with Crippen LogP contribution in [-0.4, -0.2) is 37.1 Å². The third-order valence-corrected chi connectivity index (χ3v) is 5.01. The SMILES string of the molecule is CC(CNC1CC(c2ccccc2F)C1)CN1CCCC1. The van der Waals surface area contributed by atoms with Gasteiger partial charge in [0.2, 0.25) is 0 Å². The molecule has 1 atom stereocenters. The van der Waals surface area contributed by atoms with Crippen molar-refractivity contribution in [2.75, 3.05) is 26.2 Å². The van der Waals surface area contributed by atoms with Gasteiger partial charge in [0.15, 0.2) is 0 Å². The lowest BCUT2D eigenvalue weighted by Gasteiger charge is -2.37. The zero-order valence-corrected chi connectivity index (χ0v) is 13.0. The summed E-state index contributed by atoms with van der Waals surface area (Å²) in [4.78, 5) is 2.58. The first-order valence-electron chi connectivity index (χ1n) is 8.42. The second-order valence-corrected chi connectivity index (χ2v) is 6.91. The molecule has 2 fully saturated rings. The van der Waals surface area contributed by atoms with Crippen molar-refractivity contribution in [2.24, 2.45) is 5.92 Å². The van der Waals surface area contributed by atoms with Crippen molar-refractivity contribution < 1.29 is 4.39 Å². The van der Waals surface area contributed by atoms with Crippen LogP contribution in [-0.2, 0) is 0 Å². The molecule has 2 aliphatic rings. The average molecular weight is 290 g/mol. The number of hydrogen-bond donors (Lipinski definition) is 1. The summed E-state index contributed by atoms with van der Waals surface area (Å²) in [7, 11) is 0. The van der Waals surface area contributed by atoms with Crippen molar-refractivity contribution >= 4 is 0 Å². The molecule has 0 radical (unpaired) electrons. The zero-order chi connectivity index (χ0) is 14.7. The Kier molecular flexibility index (Phi) is 4.91. The Morgan fingerprint density at radius 1 is 1.24 bits per heavy atom. The van der Waals surface area contributed by atoms with E-state index in [1.165, 1.54) is 32.5 Å². The van der Waals surface area contributed by atoms with Crippen molar-refractivity contribution in [3.8, 4) is 0 Å². The van der Waals surface area contributed by atoms with Crippen LogP contribution in [0.4, 0.5) is 4.39 Å². The summed E-state index contributed by atoms with van der Waals surface area (Å²) in [6.45, 7) is 7.20. The van der Waals surface area contributed by atoms with Gasteiger partial charge in [-0.15, -0.1) is 0 Å². The van der Waals surface area contributed by atoms with Crippen LogP contribution in [0.1, 0.15) is 44.1 Å². The number of hydrogen-bond acceptors (Lipinski definition) is 2. The predicted octanol–water partition coefficient (Wildman–Crippen LogP) is 3.39. The minimum Gasteiger partial charge on any atom is -0.314 e. The standard InChI is InChI=1S/C18H27FN2/c1-14(13-21-8-4-5-9-21)12-20-16-10-15(11-16)17-6-2-3-7-18(17)19/h2-3,6-7,14-16,20H,4-5,8-13H2,1H3. The fourth-order valence-corrected chi connectivity index (χ4v) is 3.68. The van der Waals surface area contributed by atoms with Gasteiger partial charge in [0.05, 0.1) is 0 Å². The molecular formula is C18H27FN2. The van der Waals surface area contributed by atoms with Gasteiger partial charge in [0.25, 0.3) is 0 Å². The van der Waals surface area contributed by atoms with Gasteiger partial charge < -0.3 is 10.2 Å². The van der Waals surface area contributed by atoms with E-state index in [1.807, 2.05) is 12.1 Å². The highest BCUT2D eigenvalue weighted by molar-refractivity contribution is 5.24. The zero-order valence-electron chi connectivity index (χ0n) is 13.0. The van der Waals surface area contributed by atoms with Crippen LogP contribution in [0.3, 0.4) is 0 Å². The minimum atomic E-state index is -0.0386. The maximum atomic E-state index is 13.7. The third-order valence-electron chi connectivity index (χ3n) is 5.01. The van der Waals surface area contributed by atoms with Crippen LogP contribution in [0.2, 0.25) is 0 Å². The molecule has 2 nitrogen and oxygen atoms in total. The van der Waals surface area contributed by atoms with Gasteiger partial charge in [0.1, 0.15) is 5.82 Å². The van der Waals surface area contributed by atoms with Crippen LogP contribution in [0.5, 0.6) is 0 Å². The largest absolute Gasteiger partial charge is 0.314 e. The molecule has 0 aromatic heterocycles. The Labute approximate surface area is 127 Å². The van der Waals surface area contributed by atoms with Gasteiger partial charge in [-0.3, -0.25) is 0 Å². The summed E-state index contributed by atoms with van der Waals surface area (Å²) >= 11 is 0. The lowest BCUT2D eigenvalue weighted by molar-refractivity contribution is 0.243. The van der Waals surface area contributed by atoms with Crippen molar-refractivity contribution in [1.29, 1.82) is 0 Å². The van der Waals surface area contributed by atoms with Crippen LogP contribution in [0.15, 0.2) is 24.3 Å². The highest BCUT2D eigenvalue weighted by Gasteiger charge is 2.31. The summed E-state index contributed by atoms with van der Waals surface area (Å²) in [6.07, 6.45) is 4.90. The molecule has 1 saturated heterocycles. The maximum Gasteiger partial charge on any atom is 0.126 e. The molecular weight excluding hydrogens is 263 g/mol. The number of nitrogens with zero attached hydrogens (tertiary/aromatic N) is 1. The number of likely N-dealkylation sites (tertiary alicyclic amines) is 1. The highest BCUT2D eigenvalue weighted by atomic mass is 19.1. The van der Waals surface area contributed by atoms with E-state index in [4.69, 9.17) is 0 Å². The smallest absolute Gasteiger partial charge is 0.126 e. The Bertz CT molecular complexity index is 450. The topological polar surface area (TPSA) is 15.3 Å². The third kappa shape index (κ3) is 3.83. The van der Waals surface area contributed by atoms with Gasteiger partial charge in [-0.1, -0.05) is 25.1 Å². The summed E-state index contributed by atoms with van der Waals surface area (Å²) < 4.78 is 13.7. The lowest BCUT2D eigenvalue weighted by Crippen LogP contribution is -2.43.